The van der Waals surface area contributed by atoms with E-state index in [0.717, 1.165) is 11.1 Å². The van der Waals surface area contributed by atoms with Crippen LogP contribution < -0.4 is 10.6 Å². The van der Waals surface area contributed by atoms with E-state index in [1.165, 1.54) is 0 Å². The maximum atomic E-state index is 12.1. The minimum atomic E-state index is -0.309. The Labute approximate surface area is 141 Å². The van der Waals surface area contributed by atoms with Crippen LogP contribution in [0.2, 0.25) is 5.02 Å². The summed E-state index contributed by atoms with van der Waals surface area (Å²) in [6.45, 7) is 2.46. The number of carbonyl (C=O) groups excluding carboxylic acids is 1. The highest BCUT2D eigenvalue weighted by atomic mass is 35.5. The molecular formula is C18H21ClN2O2. The molecule has 0 bridgehead atoms. The van der Waals surface area contributed by atoms with Gasteiger partial charge in [-0.05, 0) is 36.6 Å². The Morgan fingerprint density at radius 3 is 2.65 bits per heavy atom. The van der Waals surface area contributed by atoms with Crippen molar-refractivity contribution in [2.75, 3.05) is 18.5 Å². The number of halogens is 1. The van der Waals surface area contributed by atoms with Gasteiger partial charge in [0.1, 0.15) is 0 Å². The van der Waals surface area contributed by atoms with Gasteiger partial charge in [0.2, 0.25) is 0 Å². The molecule has 0 aliphatic rings. The zero-order valence-electron chi connectivity index (χ0n) is 13.1. The summed E-state index contributed by atoms with van der Waals surface area (Å²) in [7, 11) is 0. The van der Waals surface area contributed by atoms with E-state index in [4.69, 9.17) is 11.6 Å². The van der Waals surface area contributed by atoms with Crippen molar-refractivity contribution in [2.24, 2.45) is 0 Å². The molecule has 1 atom stereocenters. The first-order valence-electron chi connectivity index (χ1n) is 7.57. The average Bonchev–Trinajstić information content (AvgIpc) is 2.55. The average molecular weight is 333 g/mol. The first kappa shape index (κ1) is 17.3. The fraction of sp³-hybridized carbons (Fsp3) is 0.278. The van der Waals surface area contributed by atoms with Crippen molar-refractivity contribution in [3.63, 3.8) is 0 Å². The lowest BCUT2D eigenvalue weighted by Gasteiger charge is -2.17. The van der Waals surface area contributed by atoms with Crippen LogP contribution in [0.3, 0.4) is 0 Å². The molecule has 2 amide bonds. The predicted octanol–water partition coefficient (Wildman–Crippen LogP) is 3.94. The molecule has 2 rings (SSSR count). The number of aliphatic hydroxyl groups is 1. The Balaban J connectivity index is 1.95. The molecule has 0 aromatic heterocycles. The van der Waals surface area contributed by atoms with Crippen molar-refractivity contribution in [3.05, 3.63) is 64.7 Å². The SMILES string of the molecule is Cc1ccc(Cl)c(NC(=O)NCC(CCO)c2ccccc2)c1. The van der Waals surface area contributed by atoms with Gasteiger partial charge < -0.3 is 15.7 Å². The second-order valence-electron chi connectivity index (χ2n) is 5.44. The molecule has 4 nitrogen and oxygen atoms in total. The highest BCUT2D eigenvalue weighted by Crippen LogP contribution is 2.23. The number of rotatable bonds is 6. The second kappa shape index (κ2) is 8.56. The zero-order chi connectivity index (χ0) is 16.7. The zero-order valence-corrected chi connectivity index (χ0v) is 13.8. The first-order valence-corrected chi connectivity index (χ1v) is 7.94. The number of benzene rings is 2. The van der Waals surface area contributed by atoms with Gasteiger partial charge in [0.05, 0.1) is 10.7 Å². The van der Waals surface area contributed by atoms with Gasteiger partial charge in [-0.2, -0.15) is 0 Å². The first-order chi connectivity index (χ1) is 11.1. The summed E-state index contributed by atoms with van der Waals surface area (Å²) in [5, 5.41) is 15.3. The summed E-state index contributed by atoms with van der Waals surface area (Å²) in [5.41, 5.74) is 2.70. The fourth-order valence-corrected chi connectivity index (χ4v) is 2.55. The van der Waals surface area contributed by atoms with Gasteiger partial charge in [0, 0.05) is 19.1 Å². The van der Waals surface area contributed by atoms with E-state index in [-0.39, 0.29) is 18.6 Å². The summed E-state index contributed by atoms with van der Waals surface area (Å²) >= 11 is 6.07. The molecule has 0 saturated heterocycles. The smallest absolute Gasteiger partial charge is 0.319 e. The van der Waals surface area contributed by atoms with E-state index in [1.807, 2.05) is 49.4 Å². The Morgan fingerprint density at radius 2 is 1.96 bits per heavy atom. The summed E-state index contributed by atoms with van der Waals surface area (Å²) in [6.07, 6.45) is 0.593. The van der Waals surface area contributed by atoms with Gasteiger partial charge in [-0.3, -0.25) is 0 Å². The maximum Gasteiger partial charge on any atom is 0.319 e. The molecule has 0 aliphatic carbocycles. The van der Waals surface area contributed by atoms with Crippen molar-refractivity contribution < 1.29 is 9.90 Å². The van der Waals surface area contributed by atoms with Gasteiger partial charge in [-0.1, -0.05) is 48.0 Å². The normalized spacial score (nSPS) is 11.8. The van der Waals surface area contributed by atoms with Crippen LogP contribution in [0.15, 0.2) is 48.5 Å². The standard InChI is InChI=1S/C18H21ClN2O2/c1-13-7-8-16(19)17(11-13)21-18(23)20-12-15(9-10-22)14-5-3-2-4-6-14/h2-8,11,15,22H,9-10,12H2,1H3,(H2,20,21,23). The number of aryl methyl sites for hydroxylation is 1. The minimum Gasteiger partial charge on any atom is -0.396 e. The molecular weight excluding hydrogens is 312 g/mol. The van der Waals surface area contributed by atoms with E-state index < -0.39 is 0 Å². The maximum absolute atomic E-state index is 12.1. The molecule has 3 N–H and O–H groups in total. The van der Waals surface area contributed by atoms with Crippen LogP contribution in [0.1, 0.15) is 23.5 Å². The molecule has 2 aromatic rings. The Hall–Kier alpha value is -2.04. The van der Waals surface area contributed by atoms with E-state index in [1.54, 1.807) is 6.07 Å². The van der Waals surface area contributed by atoms with E-state index >= 15 is 0 Å². The number of carbonyl (C=O) groups is 1. The molecule has 0 spiro atoms. The number of aliphatic hydroxyl groups excluding tert-OH is 1. The lowest BCUT2D eigenvalue weighted by atomic mass is 9.96. The Kier molecular flexibility index (Phi) is 6.44. The summed E-state index contributed by atoms with van der Waals surface area (Å²) in [5.74, 6) is 0.0694. The van der Waals surface area contributed by atoms with Gasteiger partial charge in [0.25, 0.3) is 0 Å². The predicted molar refractivity (Wildman–Crippen MR) is 94.1 cm³/mol. The van der Waals surface area contributed by atoms with Crippen LogP contribution in [0.4, 0.5) is 10.5 Å². The third kappa shape index (κ3) is 5.27. The number of amides is 2. The highest BCUT2D eigenvalue weighted by molar-refractivity contribution is 6.33. The van der Waals surface area contributed by atoms with Crippen LogP contribution in [0.5, 0.6) is 0 Å². The molecule has 0 fully saturated rings. The molecule has 0 aliphatic heterocycles. The van der Waals surface area contributed by atoms with E-state index in [9.17, 15) is 9.90 Å². The van der Waals surface area contributed by atoms with Crippen LogP contribution >= 0.6 is 11.6 Å². The van der Waals surface area contributed by atoms with Crippen molar-refractivity contribution in [3.8, 4) is 0 Å². The summed E-state index contributed by atoms with van der Waals surface area (Å²) < 4.78 is 0. The highest BCUT2D eigenvalue weighted by Gasteiger charge is 2.13. The van der Waals surface area contributed by atoms with Crippen molar-refractivity contribution in [1.82, 2.24) is 5.32 Å². The lowest BCUT2D eigenvalue weighted by molar-refractivity contribution is 0.248. The number of hydrogen-bond acceptors (Lipinski definition) is 2. The molecule has 0 radical (unpaired) electrons. The van der Waals surface area contributed by atoms with Gasteiger partial charge >= 0.3 is 6.03 Å². The van der Waals surface area contributed by atoms with Crippen molar-refractivity contribution in [1.29, 1.82) is 0 Å². The van der Waals surface area contributed by atoms with Gasteiger partial charge in [-0.15, -0.1) is 0 Å². The van der Waals surface area contributed by atoms with Crippen LogP contribution in [-0.2, 0) is 0 Å². The molecule has 0 saturated carbocycles. The van der Waals surface area contributed by atoms with E-state index in [2.05, 4.69) is 10.6 Å². The van der Waals surface area contributed by atoms with E-state index in [0.29, 0.717) is 23.7 Å². The topological polar surface area (TPSA) is 61.4 Å². The lowest BCUT2D eigenvalue weighted by Crippen LogP contribution is -2.32. The molecule has 5 heteroatoms. The quantitative estimate of drug-likeness (QED) is 0.750. The molecule has 23 heavy (non-hydrogen) atoms. The van der Waals surface area contributed by atoms with Crippen molar-refractivity contribution >= 4 is 23.3 Å². The molecule has 1 unspecified atom stereocenters. The van der Waals surface area contributed by atoms with Gasteiger partial charge in [0.15, 0.2) is 0 Å². The van der Waals surface area contributed by atoms with Crippen LogP contribution in [0.25, 0.3) is 0 Å². The minimum absolute atomic E-state index is 0.0694. The third-order valence-electron chi connectivity index (χ3n) is 3.63. The molecule has 0 heterocycles. The molecule has 122 valence electrons. The number of anilines is 1. The summed E-state index contributed by atoms with van der Waals surface area (Å²) in [6, 6.07) is 15.0. The fourth-order valence-electron chi connectivity index (χ4n) is 2.38. The molecule has 2 aromatic carbocycles. The number of urea groups is 1. The van der Waals surface area contributed by atoms with Gasteiger partial charge in [-0.25, -0.2) is 4.79 Å². The van der Waals surface area contributed by atoms with Crippen LogP contribution in [-0.4, -0.2) is 24.3 Å². The summed E-state index contributed by atoms with van der Waals surface area (Å²) in [4.78, 5) is 12.1. The third-order valence-corrected chi connectivity index (χ3v) is 3.96. The monoisotopic (exact) mass is 332 g/mol. The largest absolute Gasteiger partial charge is 0.396 e. The van der Waals surface area contributed by atoms with Crippen LogP contribution in [0, 0.1) is 6.92 Å². The Bertz CT molecular complexity index is 647. The Morgan fingerprint density at radius 1 is 1.22 bits per heavy atom. The number of nitrogens with one attached hydrogen (secondary N) is 2. The second-order valence-corrected chi connectivity index (χ2v) is 5.85. The number of hydrogen-bond donors (Lipinski definition) is 3. The van der Waals surface area contributed by atoms with Crippen molar-refractivity contribution in [2.45, 2.75) is 19.3 Å².